The Morgan fingerprint density at radius 3 is 1.81 bits per heavy atom. The molecule has 1 unspecified atom stereocenters. The third-order valence-corrected chi connectivity index (χ3v) is 11.4. The van der Waals surface area contributed by atoms with Crippen molar-refractivity contribution in [2.75, 3.05) is 20.3 Å². The van der Waals surface area contributed by atoms with E-state index in [-0.39, 0.29) is 35.6 Å². The van der Waals surface area contributed by atoms with Gasteiger partial charge in [-0.1, -0.05) is 160 Å². The lowest BCUT2D eigenvalue weighted by atomic mass is 9.88. The monoisotopic (exact) mass is 833 g/mol. The molecule has 1 aliphatic rings. The van der Waals surface area contributed by atoms with Gasteiger partial charge in [0.15, 0.2) is 5.78 Å². The van der Waals surface area contributed by atoms with Crippen molar-refractivity contribution in [3.63, 3.8) is 0 Å². The number of Topliss-reactive ketones (excluding diaryl/α,β-unsaturated/α-hetero) is 1. The first-order valence-corrected chi connectivity index (χ1v) is 21.8. The number of carbonyl (C=O) groups is 2. The minimum Gasteiger partial charge on any atom is -0.462 e. The molecule has 7 heteroatoms. The van der Waals surface area contributed by atoms with Crippen molar-refractivity contribution < 1.29 is 19.1 Å². The molecule has 0 amide bonds. The van der Waals surface area contributed by atoms with Crippen molar-refractivity contribution in [1.82, 2.24) is 4.57 Å². The average Bonchev–Trinajstić information content (AvgIpc) is 3.80. The zero-order valence-corrected chi connectivity index (χ0v) is 36.3. The smallest absolute Gasteiger partial charge is 0.348 e. The Morgan fingerprint density at radius 2 is 1.27 bits per heavy atom. The minimum atomic E-state index is -0.634. The Morgan fingerprint density at radius 1 is 0.746 bits per heavy atom. The second kappa shape index (κ2) is 23.2. The van der Waals surface area contributed by atoms with Crippen LogP contribution in [0.5, 0.6) is 0 Å². The van der Waals surface area contributed by atoms with Crippen LogP contribution in [0.4, 0.5) is 0 Å². The first-order chi connectivity index (χ1) is 30.9. The summed E-state index contributed by atoms with van der Waals surface area (Å²) in [4.78, 5) is 29.0. The number of aromatic nitrogens is 1. The van der Waals surface area contributed by atoms with E-state index in [0.717, 1.165) is 66.1 Å². The molecule has 7 nitrogen and oxygen atoms in total. The number of nitrogens with zero attached hydrogens (tertiary/aromatic N) is 3. The van der Waals surface area contributed by atoms with E-state index in [4.69, 9.17) is 16.0 Å². The van der Waals surface area contributed by atoms with Crippen LogP contribution >= 0.6 is 0 Å². The van der Waals surface area contributed by atoms with Crippen LogP contribution < -0.4 is 0 Å². The maximum atomic E-state index is 13.2. The molecular weight excluding hydrogens is 779 g/mol. The number of benzene rings is 4. The Balaban J connectivity index is 1.39. The van der Waals surface area contributed by atoms with E-state index < -0.39 is 5.97 Å². The third-order valence-electron chi connectivity index (χ3n) is 11.4. The zero-order chi connectivity index (χ0) is 44.4. The van der Waals surface area contributed by atoms with Gasteiger partial charge in [-0.2, -0.15) is 5.26 Å². The standard InChI is InChI=1S/C56H55N3O4/c1-5-6-7-8-9-12-15-18-29-54(55-47-27-21-19-25-45(47)46-26-20-22-28-48(46)55)59-52-32-30-42(37-49(52)50-38-43(31-33-53(50)59)39-51(58-3)41(2)60)36-44(40-57)56(61)63-35-24-17-14-11-10-13-16-23-34-62-4/h5-9,12,15,18-22,25-33,36-39,54-55H,1,10-11,13-14,16-17,23-24,34-35H2,2,4H3/b7-6+,9-8+,15-12+,29-18+,44-36+,51-39+. The molecule has 63 heavy (non-hydrogen) atoms. The van der Waals surface area contributed by atoms with Crippen molar-refractivity contribution in [2.24, 2.45) is 0 Å². The molecule has 5 aromatic rings. The molecule has 1 aromatic heterocycles. The van der Waals surface area contributed by atoms with Crippen molar-refractivity contribution in [2.45, 2.75) is 70.3 Å². The fourth-order valence-corrected chi connectivity index (χ4v) is 8.40. The minimum absolute atomic E-state index is 0.0384. The van der Waals surface area contributed by atoms with E-state index in [9.17, 15) is 14.9 Å². The summed E-state index contributed by atoms with van der Waals surface area (Å²) < 4.78 is 13.1. The molecule has 0 saturated carbocycles. The zero-order valence-electron chi connectivity index (χ0n) is 36.3. The summed E-state index contributed by atoms with van der Waals surface area (Å²) in [6.07, 6.45) is 29.7. The molecular formula is C56H55N3O4. The maximum Gasteiger partial charge on any atom is 0.348 e. The molecule has 1 aliphatic carbocycles. The van der Waals surface area contributed by atoms with Crippen LogP contribution in [0, 0.1) is 17.9 Å². The molecule has 0 radical (unpaired) electrons. The van der Waals surface area contributed by atoms with E-state index in [2.05, 4.69) is 88.8 Å². The number of unbranched alkanes of at least 4 members (excludes halogenated alkanes) is 7. The van der Waals surface area contributed by atoms with Gasteiger partial charge in [0.2, 0.25) is 5.70 Å². The molecule has 0 bridgehead atoms. The Hall–Kier alpha value is -7.06. The van der Waals surface area contributed by atoms with Gasteiger partial charge < -0.3 is 18.8 Å². The molecule has 0 aliphatic heterocycles. The number of hydrogen-bond donors (Lipinski definition) is 0. The van der Waals surface area contributed by atoms with Crippen LogP contribution in [0.1, 0.15) is 92.5 Å². The molecule has 4 aromatic carbocycles. The summed E-state index contributed by atoms with van der Waals surface area (Å²) in [5, 5.41) is 11.9. The number of ketones is 1. The van der Waals surface area contributed by atoms with Gasteiger partial charge in [-0.05, 0) is 89.6 Å². The summed E-state index contributed by atoms with van der Waals surface area (Å²) >= 11 is 0. The van der Waals surface area contributed by atoms with Crippen LogP contribution in [0.3, 0.4) is 0 Å². The van der Waals surface area contributed by atoms with Gasteiger partial charge in [-0.25, -0.2) is 9.64 Å². The van der Waals surface area contributed by atoms with Crippen LogP contribution in [0.2, 0.25) is 0 Å². The lowest BCUT2D eigenvalue weighted by Crippen LogP contribution is -2.16. The molecule has 6 rings (SSSR count). The number of nitriles is 1. The molecule has 1 heterocycles. The van der Waals surface area contributed by atoms with Gasteiger partial charge in [-0.15, -0.1) is 0 Å². The number of fused-ring (bicyclic) bond motifs is 6. The molecule has 1 atom stereocenters. The van der Waals surface area contributed by atoms with E-state index in [1.807, 2.05) is 66.8 Å². The maximum absolute atomic E-state index is 13.2. The predicted molar refractivity (Wildman–Crippen MR) is 258 cm³/mol. The van der Waals surface area contributed by atoms with Gasteiger partial charge in [0.25, 0.3) is 0 Å². The highest BCUT2D eigenvalue weighted by Crippen LogP contribution is 2.51. The van der Waals surface area contributed by atoms with Gasteiger partial charge in [0.1, 0.15) is 11.6 Å². The summed E-state index contributed by atoms with van der Waals surface area (Å²) in [5.41, 5.74) is 8.16. The fraction of sp³-hybridized carbons (Fsp3) is 0.250. The van der Waals surface area contributed by atoms with Crippen LogP contribution in [0.25, 0.3) is 49.9 Å². The van der Waals surface area contributed by atoms with Gasteiger partial charge in [0, 0.05) is 41.4 Å². The largest absolute Gasteiger partial charge is 0.462 e. The van der Waals surface area contributed by atoms with Crippen LogP contribution in [-0.2, 0) is 19.1 Å². The molecule has 0 spiro atoms. The van der Waals surface area contributed by atoms with Crippen LogP contribution in [0.15, 0.2) is 157 Å². The summed E-state index contributed by atoms with van der Waals surface area (Å²) in [6, 6.07) is 31.0. The second-order valence-corrected chi connectivity index (χ2v) is 15.7. The highest BCUT2D eigenvalue weighted by molar-refractivity contribution is 6.10. The number of rotatable bonds is 22. The van der Waals surface area contributed by atoms with Crippen LogP contribution in [-0.4, -0.2) is 36.6 Å². The van der Waals surface area contributed by atoms with E-state index in [1.54, 1.807) is 25.3 Å². The average molecular weight is 834 g/mol. The number of carbonyl (C=O) groups excluding carboxylic acids is 2. The van der Waals surface area contributed by atoms with E-state index in [1.165, 1.54) is 48.4 Å². The molecule has 0 N–H and O–H groups in total. The first-order valence-electron chi connectivity index (χ1n) is 21.8. The predicted octanol–water partition coefficient (Wildman–Crippen LogP) is 13.6. The second-order valence-electron chi connectivity index (χ2n) is 15.7. The summed E-state index contributed by atoms with van der Waals surface area (Å²) in [6.45, 7) is 13.8. The van der Waals surface area contributed by atoms with Crippen molar-refractivity contribution in [3.05, 3.63) is 191 Å². The molecule has 0 saturated heterocycles. The molecule has 318 valence electrons. The number of esters is 1. The number of ether oxygens (including phenoxy) is 2. The molecule has 0 fully saturated rings. The Kier molecular flexibility index (Phi) is 16.8. The quantitative estimate of drug-likeness (QED) is 0.0173. The number of hydrogen-bond acceptors (Lipinski definition) is 5. The Labute approximate surface area is 372 Å². The topological polar surface area (TPSA) is 85.7 Å². The SMILES string of the molecule is [C-]#[N+]/C(=C/c1ccc2c(c1)c1cc(/C=C(\C#N)C(=O)OCCCCCCCCCCOC)ccc1n2C(/C=C/C=C/C=C/C=C/C=C)C1c2ccccc2-c2ccccc21)C(C)=O. The van der Waals surface area contributed by atoms with Gasteiger partial charge in [-0.3, -0.25) is 0 Å². The number of allylic oxidation sites excluding steroid dienone is 10. The van der Waals surface area contributed by atoms with E-state index >= 15 is 0 Å². The summed E-state index contributed by atoms with van der Waals surface area (Å²) in [7, 11) is 1.74. The fourth-order valence-electron chi connectivity index (χ4n) is 8.40. The highest BCUT2D eigenvalue weighted by atomic mass is 16.5. The lowest BCUT2D eigenvalue weighted by molar-refractivity contribution is -0.138. The Bertz CT molecular complexity index is 2660. The van der Waals surface area contributed by atoms with Gasteiger partial charge >= 0.3 is 5.97 Å². The number of methoxy groups -OCH3 is 1. The van der Waals surface area contributed by atoms with Crippen molar-refractivity contribution in [1.29, 1.82) is 5.26 Å². The lowest BCUT2D eigenvalue weighted by Gasteiger charge is -2.26. The van der Waals surface area contributed by atoms with Crippen molar-refractivity contribution >= 4 is 45.7 Å². The highest BCUT2D eigenvalue weighted by Gasteiger charge is 2.35. The van der Waals surface area contributed by atoms with E-state index in [0.29, 0.717) is 5.56 Å². The summed E-state index contributed by atoms with van der Waals surface area (Å²) in [5.74, 6) is -0.975. The van der Waals surface area contributed by atoms with Crippen molar-refractivity contribution in [3.8, 4) is 17.2 Å². The first kappa shape index (κ1) is 45.5. The van der Waals surface area contributed by atoms with Gasteiger partial charge in [0.05, 0.1) is 19.2 Å². The normalized spacial score (nSPS) is 13.6. The third kappa shape index (κ3) is 11.5.